The normalized spacial score (nSPS) is 12.2. The van der Waals surface area contributed by atoms with E-state index in [1.807, 2.05) is 0 Å². The average Bonchev–Trinajstić information content (AvgIpc) is 2.86. The second kappa shape index (κ2) is 5.00. The Kier molecular flexibility index (Phi) is 3.41. The van der Waals surface area contributed by atoms with Crippen LogP contribution in [0, 0.1) is 11.6 Å². The Balaban J connectivity index is 2.10. The van der Waals surface area contributed by atoms with Gasteiger partial charge in [0, 0.05) is 5.56 Å². The minimum Gasteiger partial charge on any atom is -0.467 e. The van der Waals surface area contributed by atoms with Crippen molar-refractivity contribution in [3.63, 3.8) is 0 Å². The van der Waals surface area contributed by atoms with Crippen molar-refractivity contribution in [2.24, 2.45) is 0 Å². The van der Waals surface area contributed by atoms with Gasteiger partial charge in [0.15, 0.2) is 11.6 Å². The van der Waals surface area contributed by atoms with Gasteiger partial charge >= 0.3 is 0 Å². The molecule has 0 saturated carbocycles. The van der Waals surface area contributed by atoms with Gasteiger partial charge in [-0.2, -0.15) is 0 Å². The number of carbonyl (C=O) groups is 1. The fraction of sp³-hybridized carbons (Fsp3) is 0.154. The summed E-state index contributed by atoms with van der Waals surface area (Å²) in [5.41, 5.74) is 0.0623. The first-order chi connectivity index (χ1) is 8.58. The number of hydrogen-bond acceptors (Lipinski definition) is 2. The molecule has 0 saturated heterocycles. The molecule has 94 valence electrons. The molecular weight excluding hydrogens is 240 g/mol. The maximum absolute atomic E-state index is 13.0. The standard InChI is InChI=1S/C13H11F2NO2/c1-8(12-3-2-6-18-12)16-13(17)9-4-5-10(14)11(15)7-9/h2-8H,1H3,(H,16,17)/t8-/m1/s1. The first-order valence-corrected chi connectivity index (χ1v) is 5.37. The van der Waals surface area contributed by atoms with Gasteiger partial charge in [0.1, 0.15) is 5.76 Å². The monoisotopic (exact) mass is 251 g/mol. The summed E-state index contributed by atoms with van der Waals surface area (Å²) in [6, 6.07) is 6.08. The van der Waals surface area contributed by atoms with E-state index in [-0.39, 0.29) is 11.6 Å². The summed E-state index contributed by atoms with van der Waals surface area (Å²) in [5, 5.41) is 2.62. The number of carbonyl (C=O) groups excluding carboxylic acids is 1. The van der Waals surface area contributed by atoms with Crippen molar-refractivity contribution in [3.05, 3.63) is 59.6 Å². The van der Waals surface area contributed by atoms with E-state index in [2.05, 4.69) is 5.32 Å². The number of rotatable bonds is 3. The fourth-order valence-corrected chi connectivity index (χ4v) is 1.53. The second-order valence-electron chi connectivity index (χ2n) is 3.84. The van der Waals surface area contributed by atoms with Crippen molar-refractivity contribution in [1.82, 2.24) is 5.32 Å². The Labute approximate surface area is 102 Å². The summed E-state index contributed by atoms with van der Waals surface area (Å²) in [4.78, 5) is 11.8. The number of nitrogens with one attached hydrogen (secondary N) is 1. The number of hydrogen-bond donors (Lipinski definition) is 1. The molecule has 2 aromatic rings. The molecule has 1 N–H and O–H groups in total. The van der Waals surface area contributed by atoms with E-state index in [0.717, 1.165) is 12.1 Å². The highest BCUT2D eigenvalue weighted by atomic mass is 19.2. The minimum atomic E-state index is -1.05. The number of furan rings is 1. The van der Waals surface area contributed by atoms with Crippen LogP contribution in [0.25, 0.3) is 0 Å². The van der Waals surface area contributed by atoms with Crippen molar-refractivity contribution >= 4 is 5.91 Å². The minimum absolute atomic E-state index is 0.0623. The van der Waals surface area contributed by atoms with Crippen LogP contribution in [0.4, 0.5) is 8.78 Å². The van der Waals surface area contributed by atoms with E-state index in [1.165, 1.54) is 12.3 Å². The Morgan fingerprint density at radius 2 is 2.06 bits per heavy atom. The molecule has 3 nitrogen and oxygen atoms in total. The van der Waals surface area contributed by atoms with Crippen LogP contribution in [0.15, 0.2) is 41.0 Å². The average molecular weight is 251 g/mol. The summed E-state index contributed by atoms with van der Waals surface area (Å²) >= 11 is 0. The molecule has 1 atom stereocenters. The van der Waals surface area contributed by atoms with Gasteiger partial charge < -0.3 is 9.73 Å². The highest BCUT2D eigenvalue weighted by Crippen LogP contribution is 2.14. The molecule has 0 fully saturated rings. The fourth-order valence-electron chi connectivity index (χ4n) is 1.53. The smallest absolute Gasteiger partial charge is 0.251 e. The van der Waals surface area contributed by atoms with Crippen LogP contribution in [-0.2, 0) is 0 Å². The van der Waals surface area contributed by atoms with Crippen molar-refractivity contribution in [2.45, 2.75) is 13.0 Å². The lowest BCUT2D eigenvalue weighted by Crippen LogP contribution is -2.26. The topological polar surface area (TPSA) is 42.2 Å². The molecule has 0 radical (unpaired) electrons. The van der Waals surface area contributed by atoms with E-state index in [1.54, 1.807) is 19.1 Å². The van der Waals surface area contributed by atoms with E-state index in [9.17, 15) is 13.6 Å². The number of amides is 1. The lowest BCUT2D eigenvalue weighted by molar-refractivity contribution is 0.0935. The van der Waals surface area contributed by atoms with Gasteiger partial charge in [0.25, 0.3) is 5.91 Å². The second-order valence-corrected chi connectivity index (χ2v) is 3.84. The van der Waals surface area contributed by atoms with Crippen LogP contribution in [0.5, 0.6) is 0 Å². The summed E-state index contributed by atoms with van der Waals surface area (Å²) in [6.07, 6.45) is 1.50. The lowest BCUT2D eigenvalue weighted by atomic mass is 10.1. The molecule has 0 aliphatic carbocycles. The molecule has 1 aromatic heterocycles. The van der Waals surface area contributed by atoms with Crippen molar-refractivity contribution < 1.29 is 18.0 Å². The van der Waals surface area contributed by atoms with Gasteiger partial charge in [0.2, 0.25) is 0 Å². The summed E-state index contributed by atoms with van der Waals surface area (Å²) in [6.45, 7) is 1.73. The van der Waals surface area contributed by atoms with Crippen LogP contribution >= 0.6 is 0 Å². The van der Waals surface area contributed by atoms with Crippen LogP contribution in [-0.4, -0.2) is 5.91 Å². The van der Waals surface area contributed by atoms with Crippen LogP contribution in [0.2, 0.25) is 0 Å². The molecule has 0 bridgehead atoms. The Bertz CT molecular complexity index is 552. The first kappa shape index (κ1) is 12.3. The number of halogens is 2. The molecular formula is C13H11F2NO2. The third-order valence-electron chi connectivity index (χ3n) is 2.50. The number of benzene rings is 1. The summed E-state index contributed by atoms with van der Waals surface area (Å²) < 4.78 is 30.8. The third kappa shape index (κ3) is 2.56. The van der Waals surface area contributed by atoms with Crippen molar-refractivity contribution in [3.8, 4) is 0 Å². The van der Waals surface area contributed by atoms with Gasteiger partial charge in [0.05, 0.1) is 12.3 Å². The molecule has 2 rings (SSSR count). The maximum atomic E-state index is 13.0. The molecule has 0 aliphatic heterocycles. The van der Waals surface area contributed by atoms with E-state index < -0.39 is 17.5 Å². The largest absolute Gasteiger partial charge is 0.467 e. The molecule has 18 heavy (non-hydrogen) atoms. The van der Waals surface area contributed by atoms with Crippen LogP contribution in [0.1, 0.15) is 29.1 Å². The SMILES string of the molecule is C[C@@H](NC(=O)c1ccc(F)c(F)c1)c1ccco1. The highest BCUT2D eigenvalue weighted by Gasteiger charge is 2.14. The van der Waals surface area contributed by atoms with Gasteiger partial charge in [-0.1, -0.05) is 0 Å². The predicted octanol–water partition coefficient (Wildman–Crippen LogP) is 3.05. The molecule has 0 spiro atoms. The Morgan fingerprint density at radius 3 is 2.67 bits per heavy atom. The zero-order chi connectivity index (χ0) is 13.1. The Morgan fingerprint density at radius 1 is 1.28 bits per heavy atom. The van der Waals surface area contributed by atoms with Crippen molar-refractivity contribution in [2.75, 3.05) is 0 Å². The summed E-state index contributed by atoms with van der Waals surface area (Å²) in [7, 11) is 0. The molecule has 1 heterocycles. The first-order valence-electron chi connectivity index (χ1n) is 5.37. The molecule has 5 heteroatoms. The quantitative estimate of drug-likeness (QED) is 0.911. The summed E-state index contributed by atoms with van der Waals surface area (Å²) in [5.74, 6) is -1.93. The van der Waals surface area contributed by atoms with Gasteiger partial charge in [-0.05, 0) is 37.3 Å². The molecule has 0 unspecified atom stereocenters. The zero-order valence-corrected chi connectivity index (χ0v) is 9.61. The Hall–Kier alpha value is -2.17. The van der Waals surface area contributed by atoms with E-state index in [0.29, 0.717) is 5.76 Å². The zero-order valence-electron chi connectivity index (χ0n) is 9.61. The van der Waals surface area contributed by atoms with Gasteiger partial charge in [-0.15, -0.1) is 0 Å². The van der Waals surface area contributed by atoms with Gasteiger partial charge in [-0.25, -0.2) is 8.78 Å². The van der Waals surface area contributed by atoms with Gasteiger partial charge in [-0.3, -0.25) is 4.79 Å². The molecule has 1 amide bonds. The molecule has 0 aliphatic rings. The van der Waals surface area contributed by atoms with Crippen LogP contribution < -0.4 is 5.32 Å². The predicted molar refractivity (Wildman–Crippen MR) is 60.9 cm³/mol. The lowest BCUT2D eigenvalue weighted by Gasteiger charge is -2.11. The maximum Gasteiger partial charge on any atom is 0.251 e. The van der Waals surface area contributed by atoms with Crippen molar-refractivity contribution in [1.29, 1.82) is 0 Å². The van der Waals surface area contributed by atoms with E-state index >= 15 is 0 Å². The molecule has 1 aromatic carbocycles. The van der Waals surface area contributed by atoms with E-state index in [4.69, 9.17) is 4.42 Å². The third-order valence-corrected chi connectivity index (χ3v) is 2.50. The highest BCUT2D eigenvalue weighted by molar-refractivity contribution is 5.94. The van der Waals surface area contributed by atoms with Crippen LogP contribution in [0.3, 0.4) is 0 Å².